The van der Waals surface area contributed by atoms with Crippen LogP contribution in [0.4, 0.5) is 12.7 Å². The first-order valence-electron chi connectivity index (χ1n) is 4.34. The number of hydrogen-bond donors (Lipinski definition) is 0. The molecule has 2 rings (SSSR count). The summed E-state index contributed by atoms with van der Waals surface area (Å²) >= 11 is 0. The van der Waals surface area contributed by atoms with E-state index >= 15 is 0 Å². The van der Waals surface area contributed by atoms with Gasteiger partial charge < -0.3 is 0 Å². The Morgan fingerprint density at radius 3 is 1.86 bits per heavy atom. The van der Waals surface area contributed by atoms with Crippen LogP contribution < -0.4 is 0 Å². The van der Waals surface area contributed by atoms with E-state index in [1.807, 2.05) is 0 Å². The van der Waals surface area contributed by atoms with Crippen LogP contribution in [0, 0.1) is 5.41 Å². The Balaban J connectivity index is 2.01. The molecule has 1 aliphatic heterocycles. The van der Waals surface area contributed by atoms with Crippen molar-refractivity contribution in [2.75, 3.05) is 13.1 Å². The van der Waals surface area contributed by atoms with Crippen LogP contribution in [-0.2, 0) is 10.4 Å². The Kier molecular flexibility index (Phi) is 1.92. The van der Waals surface area contributed by atoms with Gasteiger partial charge in [0, 0.05) is 24.9 Å². The highest BCUT2D eigenvalue weighted by molar-refractivity contribution is 7.83. The van der Waals surface area contributed by atoms with Crippen molar-refractivity contribution in [3.05, 3.63) is 0 Å². The predicted molar refractivity (Wildman–Crippen MR) is 42.8 cm³/mol. The molecule has 0 aromatic heterocycles. The summed E-state index contributed by atoms with van der Waals surface area (Å²) in [5, 5.41) is 0. The van der Waals surface area contributed by atoms with Gasteiger partial charge in [-0.15, -0.1) is 0 Å². The fourth-order valence-corrected chi connectivity index (χ4v) is 2.67. The van der Waals surface area contributed by atoms with Gasteiger partial charge in [-0.05, 0) is 12.8 Å². The zero-order chi connectivity index (χ0) is 10.6. The molecule has 0 radical (unpaired) electrons. The molecule has 0 aromatic rings. The molecule has 7 heteroatoms. The van der Waals surface area contributed by atoms with Crippen LogP contribution in [0.2, 0.25) is 0 Å². The van der Waals surface area contributed by atoms with Crippen LogP contribution in [0.25, 0.3) is 0 Å². The van der Waals surface area contributed by atoms with E-state index < -0.39 is 21.7 Å². The van der Waals surface area contributed by atoms with Gasteiger partial charge in [0.2, 0.25) is 0 Å². The second-order valence-corrected chi connectivity index (χ2v) is 5.34. The summed E-state index contributed by atoms with van der Waals surface area (Å²) in [4.78, 5) is 0. The first-order chi connectivity index (χ1) is 6.27. The second kappa shape index (κ2) is 2.63. The number of piperidine rings is 1. The Labute approximate surface area is 80.2 Å². The summed E-state index contributed by atoms with van der Waals surface area (Å²) in [6, 6.07) is 0. The Bertz CT molecular complexity index is 346. The minimum Gasteiger partial charge on any atom is -0.206 e. The van der Waals surface area contributed by atoms with Gasteiger partial charge in [-0.3, -0.25) is 0 Å². The fraction of sp³-hybridized carbons (Fsp3) is 1.00. The molecular formula is C7H10F3NO2S. The molecule has 14 heavy (non-hydrogen) atoms. The SMILES string of the molecule is O=S(=O)(F)N1CCC2(CC1)CC2(F)F. The van der Waals surface area contributed by atoms with Gasteiger partial charge >= 0.3 is 10.4 Å². The summed E-state index contributed by atoms with van der Waals surface area (Å²) in [7, 11) is -4.70. The summed E-state index contributed by atoms with van der Waals surface area (Å²) in [5.74, 6) is -2.67. The van der Waals surface area contributed by atoms with Crippen LogP contribution in [0.1, 0.15) is 19.3 Å². The molecule has 0 aromatic carbocycles. The highest BCUT2D eigenvalue weighted by atomic mass is 32.3. The van der Waals surface area contributed by atoms with Crippen molar-refractivity contribution >= 4 is 10.4 Å². The number of halogens is 3. The zero-order valence-electron chi connectivity index (χ0n) is 7.34. The van der Waals surface area contributed by atoms with E-state index in [1.54, 1.807) is 0 Å². The Morgan fingerprint density at radius 1 is 1.14 bits per heavy atom. The van der Waals surface area contributed by atoms with Gasteiger partial charge in [-0.2, -0.15) is 12.7 Å². The smallest absolute Gasteiger partial charge is 0.206 e. The second-order valence-electron chi connectivity index (χ2n) is 4.00. The normalized spacial score (nSPS) is 30.5. The Morgan fingerprint density at radius 2 is 1.57 bits per heavy atom. The molecule has 2 aliphatic rings. The van der Waals surface area contributed by atoms with Crippen LogP contribution in [0.5, 0.6) is 0 Å². The minimum absolute atomic E-state index is 0.0587. The maximum Gasteiger partial charge on any atom is 0.374 e. The van der Waals surface area contributed by atoms with Crippen molar-refractivity contribution in [2.45, 2.75) is 25.2 Å². The average molecular weight is 229 g/mol. The Hall–Kier alpha value is -0.300. The lowest BCUT2D eigenvalue weighted by Crippen LogP contribution is -2.38. The summed E-state index contributed by atoms with van der Waals surface area (Å²) in [6.45, 7) is -0.261. The molecule has 1 saturated carbocycles. The third kappa shape index (κ3) is 1.42. The van der Waals surface area contributed by atoms with Crippen molar-refractivity contribution < 1.29 is 21.1 Å². The number of rotatable bonds is 1. The molecule has 1 saturated heterocycles. The monoisotopic (exact) mass is 229 g/mol. The van der Waals surface area contributed by atoms with E-state index in [1.165, 1.54) is 0 Å². The predicted octanol–water partition coefficient (Wildman–Crippen LogP) is 1.32. The van der Waals surface area contributed by atoms with Crippen LogP contribution in [0.3, 0.4) is 0 Å². The topological polar surface area (TPSA) is 37.4 Å². The van der Waals surface area contributed by atoms with Gasteiger partial charge in [0.1, 0.15) is 0 Å². The van der Waals surface area contributed by atoms with Gasteiger partial charge in [0.05, 0.1) is 0 Å². The molecule has 0 N–H and O–H groups in total. The number of hydrogen-bond acceptors (Lipinski definition) is 2. The van der Waals surface area contributed by atoms with E-state index in [2.05, 4.69) is 0 Å². The van der Waals surface area contributed by atoms with Crippen LogP contribution in [0.15, 0.2) is 0 Å². The van der Waals surface area contributed by atoms with Gasteiger partial charge in [0.15, 0.2) is 0 Å². The molecule has 1 aliphatic carbocycles. The van der Waals surface area contributed by atoms with Gasteiger partial charge in [-0.1, -0.05) is 3.89 Å². The molecule has 82 valence electrons. The molecule has 2 fully saturated rings. The van der Waals surface area contributed by atoms with Crippen molar-refractivity contribution in [2.24, 2.45) is 5.41 Å². The molecule has 0 unspecified atom stereocenters. The molecular weight excluding hydrogens is 219 g/mol. The summed E-state index contributed by atoms with van der Waals surface area (Å²) in [5.41, 5.74) is -1.03. The lowest BCUT2D eigenvalue weighted by Gasteiger charge is -2.28. The number of nitrogens with zero attached hydrogens (tertiary/aromatic N) is 1. The van der Waals surface area contributed by atoms with Gasteiger partial charge in [-0.25, -0.2) is 8.78 Å². The largest absolute Gasteiger partial charge is 0.374 e. The van der Waals surface area contributed by atoms with E-state index in [4.69, 9.17) is 0 Å². The lowest BCUT2D eigenvalue weighted by molar-refractivity contribution is 0.0421. The quantitative estimate of drug-likeness (QED) is 0.636. The molecule has 0 atom stereocenters. The maximum absolute atomic E-state index is 12.8. The highest BCUT2D eigenvalue weighted by Gasteiger charge is 2.70. The van der Waals surface area contributed by atoms with E-state index in [0.717, 1.165) is 0 Å². The summed E-state index contributed by atoms with van der Waals surface area (Å²) < 4.78 is 59.6. The first kappa shape index (κ1) is 10.2. The molecule has 3 nitrogen and oxygen atoms in total. The van der Waals surface area contributed by atoms with Crippen LogP contribution >= 0.6 is 0 Å². The van der Waals surface area contributed by atoms with E-state index in [9.17, 15) is 21.1 Å². The molecule has 0 bridgehead atoms. The van der Waals surface area contributed by atoms with Crippen molar-refractivity contribution in [1.29, 1.82) is 0 Å². The minimum atomic E-state index is -4.70. The summed E-state index contributed by atoms with van der Waals surface area (Å²) in [6.07, 6.45) is -0.0630. The first-order valence-corrected chi connectivity index (χ1v) is 5.69. The van der Waals surface area contributed by atoms with Crippen LogP contribution in [-0.4, -0.2) is 31.7 Å². The molecule has 0 amide bonds. The van der Waals surface area contributed by atoms with Crippen molar-refractivity contribution in [3.63, 3.8) is 0 Å². The van der Waals surface area contributed by atoms with Crippen molar-refractivity contribution in [1.82, 2.24) is 4.31 Å². The highest BCUT2D eigenvalue weighted by Crippen LogP contribution is 2.65. The average Bonchev–Trinajstić information content (AvgIpc) is 2.51. The fourth-order valence-electron chi connectivity index (χ4n) is 2.06. The number of alkyl halides is 2. The van der Waals surface area contributed by atoms with Gasteiger partial charge in [0.25, 0.3) is 5.92 Å². The molecule has 1 heterocycles. The lowest BCUT2D eigenvalue weighted by atomic mass is 9.94. The van der Waals surface area contributed by atoms with E-state index in [0.29, 0.717) is 4.31 Å². The van der Waals surface area contributed by atoms with E-state index in [-0.39, 0.29) is 32.4 Å². The zero-order valence-corrected chi connectivity index (χ0v) is 8.16. The van der Waals surface area contributed by atoms with Crippen molar-refractivity contribution in [3.8, 4) is 0 Å². The molecule has 1 spiro atoms. The standard InChI is InChI=1S/C7H10F3NO2S/c8-7(9)5-6(7)1-3-11(4-2-6)14(10,12)13/h1-5H2. The third-order valence-corrected chi connectivity index (χ3v) is 4.18. The third-order valence-electron chi connectivity index (χ3n) is 3.20. The maximum atomic E-state index is 12.8.